The van der Waals surface area contributed by atoms with Crippen molar-refractivity contribution in [3.05, 3.63) is 11.8 Å². The molecule has 2 aliphatic rings. The van der Waals surface area contributed by atoms with Crippen LogP contribution >= 0.6 is 0 Å². The molecule has 2 heterocycles. The molecule has 14 heavy (non-hydrogen) atoms. The maximum absolute atomic E-state index is 11.1. The van der Waals surface area contributed by atoms with Gasteiger partial charge in [-0.05, 0) is 6.42 Å². The molecule has 0 amide bonds. The van der Waals surface area contributed by atoms with Crippen LogP contribution in [0.4, 0.5) is 0 Å². The molecule has 4 heteroatoms. The van der Waals surface area contributed by atoms with Gasteiger partial charge in [-0.1, -0.05) is 6.92 Å². The number of nitrogens with zero attached hydrogens (tertiary/aromatic N) is 1. The third-order valence-corrected chi connectivity index (χ3v) is 2.60. The van der Waals surface area contributed by atoms with Crippen molar-refractivity contribution in [3.8, 4) is 0 Å². The number of hydrogen-bond acceptors (Lipinski definition) is 4. The Morgan fingerprint density at radius 1 is 1.50 bits per heavy atom. The van der Waals surface area contributed by atoms with Crippen LogP contribution in [-0.4, -0.2) is 43.3 Å². The predicted octanol–water partition coefficient (Wildman–Crippen LogP) is 0.538. The van der Waals surface area contributed by atoms with Crippen molar-refractivity contribution < 1.29 is 14.3 Å². The summed E-state index contributed by atoms with van der Waals surface area (Å²) in [6.45, 7) is 5.22. The van der Waals surface area contributed by atoms with Gasteiger partial charge in [-0.15, -0.1) is 0 Å². The predicted molar refractivity (Wildman–Crippen MR) is 50.6 cm³/mol. The van der Waals surface area contributed by atoms with Crippen molar-refractivity contribution in [2.75, 3.05) is 26.3 Å². The minimum absolute atomic E-state index is 0.0411. The van der Waals surface area contributed by atoms with Crippen LogP contribution in [-0.2, 0) is 14.3 Å². The molecule has 0 spiro atoms. The fourth-order valence-electron chi connectivity index (χ4n) is 1.86. The number of rotatable bonds is 2. The van der Waals surface area contributed by atoms with E-state index >= 15 is 0 Å². The van der Waals surface area contributed by atoms with Crippen LogP contribution in [0, 0.1) is 0 Å². The highest BCUT2D eigenvalue weighted by Crippen LogP contribution is 2.22. The average Bonchev–Trinajstić information content (AvgIpc) is 2.61. The van der Waals surface area contributed by atoms with Crippen LogP contribution in [0.5, 0.6) is 0 Å². The lowest BCUT2D eigenvalue weighted by molar-refractivity contribution is -0.139. The summed E-state index contributed by atoms with van der Waals surface area (Å²) in [6, 6.07) is 0. The van der Waals surface area contributed by atoms with Gasteiger partial charge in [0.2, 0.25) is 0 Å². The Morgan fingerprint density at radius 2 is 2.21 bits per heavy atom. The fraction of sp³-hybridized carbons (Fsp3) is 0.700. The zero-order chi connectivity index (χ0) is 9.97. The van der Waals surface area contributed by atoms with E-state index in [0.29, 0.717) is 0 Å². The van der Waals surface area contributed by atoms with Crippen molar-refractivity contribution in [1.82, 2.24) is 4.90 Å². The SMILES string of the molecule is CCC1OC(=O)C=C1N1CCOCC1. The summed E-state index contributed by atoms with van der Waals surface area (Å²) in [5, 5.41) is 0. The Kier molecular flexibility index (Phi) is 2.72. The van der Waals surface area contributed by atoms with Gasteiger partial charge in [0, 0.05) is 19.2 Å². The van der Waals surface area contributed by atoms with E-state index in [2.05, 4.69) is 4.90 Å². The summed E-state index contributed by atoms with van der Waals surface area (Å²) in [7, 11) is 0. The molecule has 78 valence electrons. The van der Waals surface area contributed by atoms with Gasteiger partial charge in [0.15, 0.2) is 0 Å². The highest BCUT2D eigenvalue weighted by atomic mass is 16.5. The largest absolute Gasteiger partial charge is 0.453 e. The van der Waals surface area contributed by atoms with Crippen LogP contribution in [0.1, 0.15) is 13.3 Å². The highest BCUT2D eigenvalue weighted by molar-refractivity contribution is 5.85. The number of esters is 1. The Balaban J connectivity index is 2.07. The van der Waals surface area contributed by atoms with E-state index in [1.807, 2.05) is 6.92 Å². The monoisotopic (exact) mass is 197 g/mol. The van der Waals surface area contributed by atoms with E-state index in [9.17, 15) is 4.79 Å². The van der Waals surface area contributed by atoms with E-state index in [-0.39, 0.29) is 12.1 Å². The van der Waals surface area contributed by atoms with Gasteiger partial charge in [-0.2, -0.15) is 0 Å². The fourth-order valence-corrected chi connectivity index (χ4v) is 1.86. The third kappa shape index (κ3) is 1.75. The van der Waals surface area contributed by atoms with Gasteiger partial charge < -0.3 is 14.4 Å². The van der Waals surface area contributed by atoms with Crippen LogP contribution in [0.15, 0.2) is 11.8 Å². The minimum atomic E-state index is -0.210. The first-order valence-corrected chi connectivity index (χ1v) is 5.06. The van der Waals surface area contributed by atoms with Crippen LogP contribution in [0.2, 0.25) is 0 Å². The van der Waals surface area contributed by atoms with Crippen LogP contribution < -0.4 is 0 Å². The molecule has 1 unspecified atom stereocenters. The topological polar surface area (TPSA) is 38.8 Å². The Morgan fingerprint density at radius 3 is 2.86 bits per heavy atom. The average molecular weight is 197 g/mol. The summed E-state index contributed by atoms with van der Waals surface area (Å²) in [4.78, 5) is 13.3. The van der Waals surface area contributed by atoms with E-state index in [4.69, 9.17) is 9.47 Å². The second-order valence-electron chi connectivity index (χ2n) is 3.50. The van der Waals surface area contributed by atoms with E-state index in [0.717, 1.165) is 38.4 Å². The van der Waals surface area contributed by atoms with Crippen molar-refractivity contribution in [1.29, 1.82) is 0 Å². The molecular formula is C10H15NO3. The number of ether oxygens (including phenoxy) is 2. The second-order valence-corrected chi connectivity index (χ2v) is 3.50. The number of cyclic esters (lactones) is 1. The molecule has 1 fully saturated rings. The highest BCUT2D eigenvalue weighted by Gasteiger charge is 2.29. The van der Waals surface area contributed by atoms with Crippen molar-refractivity contribution >= 4 is 5.97 Å². The van der Waals surface area contributed by atoms with E-state index in [1.165, 1.54) is 0 Å². The molecule has 0 aromatic rings. The zero-order valence-electron chi connectivity index (χ0n) is 8.36. The minimum Gasteiger partial charge on any atom is -0.453 e. The summed E-state index contributed by atoms with van der Waals surface area (Å²) in [5.41, 5.74) is 1.03. The molecule has 4 nitrogen and oxygen atoms in total. The first kappa shape index (κ1) is 9.52. The Hall–Kier alpha value is -1.03. The number of carbonyl (C=O) groups is 1. The lowest BCUT2D eigenvalue weighted by Crippen LogP contribution is -2.38. The number of morpholine rings is 1. The molecule has 0 radical (unpaired) electrons. The molecular weight excluding hydrogens is 182 g/mol. The lowest BCUT2D eigenvalue weighted by atomic mass is 10.2. The molecule has 1 saturated heterocycles. The van der Waals surface area contributed by atoms with Crippen molar-refractivity contribution in [2.45, 2.75) is 19.4 Å². The van der Waals surface area contributed by atoms with Crippen LogP contribution in [0.3, 0.4) is 0 Å². The zero-order valence-corrected chi connectivity index (χ0v) is 8.36. The van der Waals surface area contributed by atoms with E-state index in [1.54, 1.807) is 6.08 Å². The summed E-state index contributed by atoms with van der Waals surface area (Å²) in [6.07, 6.45) is 2.41. The first-order chi connectivity index (χ1) is 6.81. The standard InChI is InChI=1S/C10H15NO3/c1-2-9-8(7-10(12)14-9)11-3-5-13-6-4-11/h7,9H,2-6H2,1H3. The van der Waals surface area contributed by atoms with Gasteiger partial charge in [-0.25, -0.2) is 4.79 Å². The summed E-state index contributed by atoms with van der Waals surface area (Å²) >= 11 is 0. The number of hydrogen-bond donors (Lipinski definition) is 0. The van der Waals surface area contributed by atoms with E-state index < -0.39 is 0 Å². The molecule has 0 aromatic carbocycles. The van der Waals surface area contributed by atoms with Gasteiger partial charge in [0.1, 0.15) is 6.10 Å². The first-order valence-electron chi connectivity index (χ1n) is 5.06. The normalized spacial score (nSPS) is 27.5. The van der Waals surface area contributed by atoms with Gasteiger partial charge >= 0.3 is 5.97 Å². The molecule has 2 aliphatic heterocycles. The quantitative estimate of drug-likeness (QED) is 0.606. The maximum atomic E-state index is 11.1. The van der Waals surface area contributed by atoms with Crippen molar-refractivity contribution in [3.63, 3.8) is 0 Å². The molecule has 2 rings (SSSR count). The molecule has 0 saturated carbocycles. The molecule has 0 aromatic heterocycles. The second kappa shape index (κ2) is 4.00. The lowest BCUT2D eigenvalue weighted by Gasteiger charge is -2.31. The molecule has 0 aliphatic carbocycles. The van der Waals surface area contributed by atoms with Crippen LogP contribution in [0.25, 0.3) is 0 Å². The smallest absolute Gasteiger partial charge is 0.333 e. The van der Waals surface area contributed by atoms with Crippen molar-refractivity contribution in [2.24, 2.45) is 0 Å². The van der Waals surface area contributed by atoms with Gasteiger partial charge in [0.25, 0.3) is 0 Å². The summed E-state index contributed by atoms with van der Waals surface area (Å²) < 4.78 is 10.4. The van der Waals surface area contributed by atoms with Gasteiger partial charge in [-0.3, -0.25) is 0 Å². The molecule has 0 N–H and O–H groups in total. The molecule has 1 atom stereocenters. The van der Waals surface area contributed by atoms with Gasteiger partial charge in [0.05, 0.1) is 18.9 Å². The Bertz CT molecular complexity index is 256. The summed E-state index contributed by atoms with van der Waals surface area (Å²) in [5.74, 6) is -0.210. The number of carbonyl (C=O) groups excluding carboxylic acids is 1. The Labute approximate surface area is 83.5 Å². The third-order valence-electron chi connectivity index (χ3n) is 2.60. The maximum Gasteiger partial charge on any atom is 0.333 e. The molecule has 0 bridgehead atoms.